The van der Waals surface area contributed by atoms with Gasteiger partial charge < -0.3 is 15.4 Å². The molecule has 0 aliphatic carbocycles. The quantitative estimate of drug-likeness (QED) is 0.854. The van der Waals surface area contributed by atoms with Crippen molar-refractivity contribution >= 4 is 23.0 Å². The highest BCUT2D eigenvalue weighted by Crippen LogP contribution is 2.27. The fourth-order valence-electron chi connectivity index (χ4n) is 2.65. The Morgan fingerprint density at radius 3 is 2.70 bits per heavy atom. The summed E-state index contributed by atoms with van der Waals surface area (Å²) < 4.78 is 5.56. The molecule has 1 saturated heterocycles. The van der Waals surface area contributed by atoms with Crippen LogP contribution in [0.1, 0.15) is 30.2 Å². The van der Waals surface area contributed by atoms with Gasteiger partial charge in [0.05, 0.1) is 17.4 Å². The summed E-state index contributed by atoms with van der Waals surface area (Å²) in [6.07, 6.45) is 1.26. The van der Waals surface area contributed by atoms with Crippen LogP contribution in [0, 0.1) is 19.8 Å². The molecule has 0 radical (unpaired) electrons. The summed E-state index contributed by atoms with van der Waals surface area (Å²) in [6, 6.07) is 0. The van der Waals surface area contributed by atoms with Gasteiger partial charge in [-0.15, -0.1) is 5.10 Å². The number of methoxy groups -OCH3 is 1. The van der Waals surface area contributed by atoms with E-state index in [2.05, 4.69) is 22.0 Å². The first kappa shape index (κ1) is 15.1. The molecule has 20 heavy (non-hydrogen) atoms. The SMILES string of the molecule is COC1CN(c2nnc(C)c(C)c2C(N)=S)CCC1C. The molecule has 0 spiro atoms. The lowest BCUT2D eigenvalue weighted by atomic mass is 9.95. The Bertz CT molecular complexity index is 520. The average Bonchev–Trinajstić information content (AvgIpc) is 2.42. The molecule has 1 aromatic rings. The van der Waals surface area contributed by atoms with Gasteiger partial charge in [-0.1, -0.05) is 19.1 Å². The van der Waals surface area contributed by atoms with Crippen LogP contribution in [0.4, 0.5) is 5.82 Å². The fraction of sp³-hybridized carbons (Fsp3) is 0.643. The summed E-state index contributed by atoms with van der Waals surface area (Å²) in [4.78, 5) is 2.56. The molecule has 2 atom stereocenters. The Morgan fingerprint density at radius 2 is 2.10 bits per heavy atom. The minimum atomic E-state index is 0.200. The highest BCUT2D eigenvalue weighted by atomic mass is 32.1. The Hall–Kier alpha value is -1.27. The number of anilines is 1. The van der Waals surface area contributed by atoms with Crippen molar-refractivity contribution in [1.29, 1.82) is 0 Å². The third-order valence-corrected chi connectivity index (χ3v) is 4.38. The molecule has 2 heterocycles. The van der Waals surface area contributed by atoms with Gasteiger partial charge in [-0.25, -0.2) is 0 Å². The summed E-state index contributed by atoms with van der Waals surface area (Å²) in [5.41, 5.74) is 8.61. The molecule has 2 N–H and O–H groups in total. The monoisotopic (exact) mass is 294 g/mol. The Labute approximate surface area is 125 Å². The van der Waals surface area contributed by atoms with Crippen LogP contribution in [0.2, 0.25) is 0 Å². The van der Waals surface area contributed by atoms with Gasteiger partial charge in [0.15, 0.2) is 5.82 Å². The van der Waals surface area contributed by atoms with Crippen molar-refractivity contribution in [1.82, 2.24) is 10.2 Å². The minimum absolute atomic E-state index is 0.200. The van der Waals surface area contributed by atoms with E-state index in [4.69, 9.17) is 22.7 Å². The Balaban J connectivity index is 2.38. The van der Waals surface area contributed by atoms with Crippen LogP contribution in [-0.4, -0.2) is 41.5 Å². The van der Waals surface area contributed by atoms with Crippen LogP contribution < -0.4 is 10.6 Å². The maximum atomic E-state index is 5.89. The predicted molar refractivity (Wildman–Crippen MR) is 84.2 cm³/mol. The highest BCUT2D eigenvalue weighted by molar-refractivity contribution is 7.80. The van der Waals surface area contributed by atoms with Gasteiger partial charge in [-0.05, 0) is 31.7 Å². The Kier molecular flexibility index (Phi) is 4.55. The minimum Gasteiger partial charge on any atom is -0.389 e. The van der Waals surface area contributed by atoms with E-state index in [0.717, 1.165) is 42.1 Å². The van der Waals surface area contributed by atoms with Gasteiger partial charge in [0.2, 0.25) is 0 Å². The van der Waals surface area contributed by atoms with E-state index >= 15 is 0 Å². The number of hydrogen-bond acceptors (Lipinski definition) is 5. The number of nitrogens with zero attached hydrogens (tertiary/aromatic N) is 3. The number of piperidine rings is 1. The lowest BCUT2D eigenvalue weighted by molar-refractivity contribution is 0.0496. The zero-order valence-corrected chi connectivity index (χ0v) is 13.3. The van der Waals surface area contributed by atoms with E-state index in [-0.39, 0.29) is 6.10 Å². The van der Waals surface area contributed by atoms with Crippen molar-refractivity contribution < 1.29 is 4.74 Å². The molecule has 6 heteroatoms. The van der Waals surface area contributed by atoms with Crippen LogP contribution in [0.5, 0.6) is 0 Å². The molecule has 2 unspecified atom stereocenters. The third-order valence-electron chi connectivity index (χ3n) is 4.17. The number of aryl methyl sites for hydroxylation is 1. The summed E-state index contributed by atoms with van der Waals surface area (Å²) in [7, 11) is 1.76. The molecule has 0 aromatic carbocycles. The number of nitrogens with two attached hydrogens (primary N) is 1. The van der Waals surface area contributed by atoms with Crippen molar-refractivity contribution in [3.63, 3.8) is 0 Å². The standard InChI is InChI=1S/C14H22N4OS/c1-8-5-6-18(7-11(8)19-4)14-12(13(15)20)9(2)10(3)16-17-14/h8,11H,5-7H2,1-4H3,(H2,15,20). The van der Waals surface area contributed by atoms with Crippen molar-refractivity contribution in [2.24, 2.45) is 11.7 Å². The van der Waals surface area contributed by atoms with Crippen LogP contribution in [0.25, 0.3) is 0 Å². The molecule has 0 amide bonds. The Morgan fingerprint density at radius 1 is 1.40 bits per heavy atom. The molecular weight excluding hydrogens is 272 g/mol. The van der Waals surface area contributed by atoms with E-state index in [1.807, 2.05) is 13.8 Å². The largest absolute Gasteiger partial charge is 0.389 e. The summed E-state index contributed by atoms with van der Waals surface area (Å²) in [6.45, 7) is 7.84. The highest BCUT2D eigenvalue weighted by Gasteiger charge is 2.29. The van der Waals surface area contributed by atoms with Crippen LogP contribution >= 0.6 is 12.2 Å². The number of ether oxygens (including phenoxy) is 1. The van der Waals surface area contributed by atoms with E-state index in [0.29, 0.717) is 10.9 Å². The van der Waals surface area contributed by atoms with E-state index in [9.17, 15) is 0 Å². The van der Waals surface area contributed by atoms with E-state index in [1.54, 1.807) is 7.11 Å². The molecule has 1 aliphatic rings. The first-order chi connectivity index (χ1) is 9.45. The summed E-state index contributed by atoms with van der Waals surface area (Å²) in [5.74, 6) is 1.33. The number of hydrogen-bond donors (Lipinski definition) is 1. The molecule has 2 rings (SSSR count). The third kappa shape index (κ3) is 2.76. The van der Waals surface area contributed by atoms with Gasteiger partial charge in [-0.2, -0.15) is 5.10 Å². The van der Waals surface area contributed by atoms with Crippen molar-refractivity contribution in [3.05, 3.63) is 16.8 Å². The second kappa shape index (κ2) is 6.01. The summed E-state index contributed by atoms with van der Waals surface area (Å²) >= 11 is 5.20. The molecule has 1 aromatic heterocycles. The van der Waals surface area contributed by atoms with Crippen LogP contribution in [-0.2, 0) is 4.74 Å². The first-order valence-corrected chi connectivity index (χ1v) is 7.28. The van der Waals surface area contributed by atoms with Gasteiger partial charge in [0, 0.05) is 20.2 Å². The molecule has 110 valence electrons. The van der Waals surface area contributed by atoms with E-state index < -0.39 is 0 Å². The van der Waals surface area contributed by atoms with Gasteiger partial charge in [0.25, 0.3) is 0 Å². The van der Waals surface area contributed by atoms with Gasteiger partial charge in [-0.3, -0.25) is 0 Å². The molecule has 1 fully saturated rings. The lowest BCUT2D eigenvalue weighted by Gasteiger charge is -2.37. The van der Waals surface area contributed by atoms with Gasteiger partial charge in [0.1, 0.15) is 4.99 Å². The number of aromatic nitrogens is 2. The normalized spacial score (nSPS) is 22.9. The smallest absolute Gasteiger partial charge is 0.161 e. The van der Waals surface area contributed by atoms with Crippen molar-refractivity contribution in [3.8, 4) is 0 Å². The molecule has 1 aliphatic heterocycles. The first-order valence-electron chi connectivity index (χ1n) is 6.87. The molecule has 0 saturated carbocycles. The van der Waals surface area contributed by atoms with E-state index in [1.165, 1.54) is 0 Å². The molecule has 0 bridgehead atoms. The van der Waals surface area contributed by atoms with Crippen LogP contribution in [0.15, 0.2) is 0 Å². The van der Waals surface area contributed by atoms with Gasteiger partial charge >= 0.3 is 0 Å². The second-order valence-corrected chi connectivity index (χ2v) is 5.90. The zero-order chi connectivity index (χ0) is 14.9. The second-order valence-electron chi connectivity index (χ2n) is 5.46. The predicted octanol–water partition coefficient (Wildman–Crippen LogP) is 1.59. The molecule has 5 nitrogen and oxygen atoms in total. The maximum Gasteiger partial charge on any atom is 0.161 e. The van der Waals surface area contributed by atoms with Crippen molar-refractivity contribution in [2.45, 2.75) is 33.3 Å². The number of rotatable bonds is 3. The fourth-order valence-corrected chi connectivity index (χ4v) is 2.89. The average molecular weight is 294 g/mol. The lowest BCUT2D eigenvalue weighted by Crippen LogP contribution is -2.45. The topological polar surface area (TPSA) is 64.3 Å². The van der Waals surface area contributed by atoms with Crippen molar-refractivity contribution in [2.75, 3.05) is 25.1 Å². The number of thiocarbonyl (C=S) groups is 1. The molecular formula is C14H22N4OS. The van der Waals surface area contributed by atoms with Crippen LogP contribution in [0.3, 0.4) is 0 Å². The summed E-state index contributed by atoms with van der Waals surface area (Å²) in [5, 5.41) is 8.55. The maximum absolute atomic E-state index is 5.89. The zero-order valence-electron chi connectivity index (χ0n) is 12.5.